The zero-order valence-electron chi connectivity index (χ0n) is 7.75. The van der Waals surface area contributed by atoms with E-state index in [4.69, 9.17) is 5.41 Å². The summed E-state index contributed by atoms with van der Waals surface area (Å²) in [6.07, 6.45) is -0.327. The normalized spacial score (nSPS) is 9.08. The van der Waals surface area contributed by atoms with Gasteiger partial charge >= 0.3 is 11.9 Å². The fraction of sp³-hybridized carbons (Fsp3) is 0.625. The van der Waals surface area contributed by atoms with Crippen LogP contribution in [0.2, 0.25) is 0 Å². The van der Waals surface area contributed by atoms with E-state index in [0.29, 0.717) is 0 Å². The lowest BCUT2D eigenvalue weighted by atomic mass is 10.3. The van der Waals surface area contributed by atoms with Crippen molar-refractivity contribution in [2.75, 3.05) is 13.2 Å². The van der Waals surface area contributed by atoms with Gasteiger partial charge < -0.3 is 9.47 Å². The van der Waals surface area contributed by atoms with Gasteiger partial charge in [-0.15, -0.1) is 0 Å². The molecule has 0 aromatic rings. The third kappa shape index (κ3) is 4.95. The lowest BCUT2D eigenvalue weighted by Crippen LogP contribution is -2.21. The van der Waals surface area contributed by atoms with Crippen LogP contribution < -0.4 is 0 Å². The van der Waals surface area contributed by atoms with E-state index in [2.05, 4.69) is 9.47 Å². The summed E-state index contributed by atoms with van der Waals surface area (Å²) in [7, 11) is 0. The Labute approximate surface area is 76.5 Å². The van der Waals surface area contributed by atoms with Crippen LogP contribution in [0, 0.1) is 5.41 Å². The van der Waals surface area contributed by atoms with Crippen molar-refractivity contribution in [1.82, 2.24) is 0 Å². The summed E-state index contributed by atoms with van der Waals surface area (Å²) in [5.41, 5.74) is -0.375. The highest BCUT2D eigenvalue weighted by Gasteiger charge is 2.15. The standard InChI is InChI=1S/C8H13NO4/c1-3-12-7(10)5-6(9)8(11)13-4-2/h9H,3-5H2,1-2H3. The van der Waals surface area contributed by atoms with Crippen molar-refractivity contribution in [3.8, 4) is 0 Å². The molecule has 0 aliphatic rings. The molecule has 0 fully saturated rings. The molecule has 0 amide bonds. The number of nitrogens with one attached hydrogen (secondary N) is 1. The number of hydrogen-bond acceptors (Lipinski definition) is 5. The number of esters is 2. The second kappa shape index (κ2) is 6.16. The maximum atomic E-state index is 10.8. The average Bonchev–Trinajstić information content (AvgIpc) is 2.05. The van der Waals surface area contributed by atoms with E-state index in [9.17, 15) is 9.59 Å². The smallest absolute Gasteiger partial charge is 0.352 e. The molecule has 5 heteroatoms. The van der Waals surface area contributed by atoms with Crippen LogP contribution in [0.1, 0.15) is 20.3 Å². The van der Waals surface area contributed by atoms with Gasteiger partial charge in [-0.25, -0.2) is 4.79 Å². The van der Waals surface area contributed by atoms with Crippen LogP contribution in [-0.2, 0) is 19.1 Å². The molecule has 0 aromatic heterocycles. The van der Waals surface area contributed by atoms with Gasteiger partial charge in [0.15, 0.2) is 0 Å². The molecule has 0 spiro atoms. The topological polar surface area (TPSA) is 76.5 Å². The number of rotatable bonds is 5. The predicted octanol–water partition coefficient (Wildman–Crippen LogP) is 0.522. The third-order valence-electron chi connectivity index (χ3n) is 1.15. The molecule has 0 aromatic carbocycles. The Morgan fingerprint density at radius 1 is 1.15 bits per heavy atom. The van der Waals surface area contributed by atoms with Gasteiger partial charge in [-0.1, -0.05) is 0 Å². The van der Waals surface area contributed by atoms with Gasteiger partial charge in [-0.3, -0.25) is 10.2 Å². The second-order valence-corrected chi connectivity index (χ2v) is 2.18. The molecule has 74 valence electrons. The first kappa shape index (κ1) is 11.6. The fourth-order valence-electron chi connectivity index (χ4n) is 0.647. The van der Waals surface area contributed by atoms with E-state index in [1.807, 2.05) is 0 Å². The highest BCUT2D eigenvalue weighted by atomic mass is 16.5. The minimum atomic E-state index is -0.768. The quantitative estimate of drug-likeness (QED) is 0.503. The minimum absolute atomic E-state index is 0.198. The molecule has 0 atom stereocenters. The van der Waals surface area contributed by atoms with Crippen molar-refractivity contribution in [3.05, 3.63) is 0 Å². The van der Waals surface area contributed by atoms with Crippen molar-refractivity contribution in [2.45, 2.75) is 20.3 Å². The van der Waals surface area contributed by atoms with Crippen LogP contribution in [0.3, 0.4) is 0 Å². The molecular formula is C8H13NO4. The van der Waals surface area contributed by atoms with E-state index in [-0.39, 0.29) is 25.3 Å². The SMILES string of the molecule is CCOC(=O)CC(=N)C(=O)OCC. The van der Waals surface area contributed by atoms with Gasteiger partial charge in [0, 0.05) is 0 Å². The monoisotopic (exact) mass is 187 g/mol. The Balaban J connectivity index is 3.86. The van der Waals surface area contributed by atoms with Crippen molar-refractivity contribution < 1.29 is 19.1 Å². The molecule has 0 bridgehead atoms. The van der Waals surface area contributed by atoms with Gasteiger partial charge in [0.05, 0.1) is 19.6 Å². The maximum absolute atomic E-state index is 10.8. The number of carbonyl (C=O) groups is 2. The third-order valence-corrected chi connectivity index (χ3v) is 1.15. The Bertz CT molecular complexity index is 212. The van der Waals surface area contributed by atoms with Crippen LogP contribution in [-0.4, -0.2) is 30.9 Å². The maximum Gasteiger partial charge on any atom is 0.352 e. The zero-order valence-corrected chi connectivity index (χ0v) is 7.75. The molecule has 0 aliphatic carbocycles. The molecule has 0 saturated heterocycles. The minimum Gasteiger partial charge on any atom is -0.466 e. The summed E-state index contributed by atoms with van der Waals surface area (Å²) in [6.45, 7) is 3.74. The van der Waals surface area contributed by atoms with Gasteiger partial charge in [0.1, 0.15) is 5.71 Å². The summed E-state index contributed by atoms with van der Waals surface area (Å²) in [5.74, 6) is -1.35. The first-order valence-corrected chi connectivity index (χ1v) is 4.02. The molecule has 0 saturated carbocycles. The summed E-state index contributed by atoms with van der Waals surface area (Å²) in [4.78, 5) is 21.6. The van der Waals surface area contributed by atoms with Gasteiger partial charge in [0.25, 0.3) is 0 Å². The summed E-state index contributed by atoms with van der Waals surface area (Å²) in [5, 5.41) is 7.13. The Kier molecular flexibility index (Phi) is 5.50. The predicted molar refractivity (Wildman–Crippen MR) is 45.6 cm³/mol. The van der Waals surface area contributed by atoms with E-state index in [1.165, 1.54) is 0 Å². The van der Waals surface area contributed by atoms with Crippen molar-refractivity contribution in [2.24, 2.45) is 0 Å². The lowest BCUT2D eigenvalue weighted by molar-refractivity contribution is -0.143. The van der Waals surface area contributed by atoms with Crippen molar-refractivity contribution in [1.29, 1.82) is 5.41 Å². The highest BCUT2D eigenvalue weighted by Crippen LogP contribution is 1.92. The van der Waals surface area contributed by atoms with Crippen LogP contribution in [0.5, 0.6) is 0 Å². The number of carbonyl (C=O) groups excluding carboxylic acids is 2. The Morgan fingerprint density at radius 3 is 2.15 bits per heavy atom. The molecule has 0 rings (SSSR count). The summed E-state index contributed by atoms with van der Waals surface area (Å²) < 4.78 is 9.06. The lowest BCUT2D eigenvalue weighted by Gasteiger charge is -2.02. The highest BCUT2D eigenvalue weighted by molar-refractivity contribution is 6.38. The summed E-state index contributed by atoms with van der Waals surface area (Å²) >= 11 is 0. The summed E-state index contributed by atoms with van der Waals surface area (Å²) in [6, 6.07) is 0. The Hall–Kier alpha value is -1.39. The van der Waals surface area contributed by atoms with E-state index >= 15 is 0 Å². The first-order valence-electron chi connectivity index (χ1n) is 4.02. The number of ether oxygens (including phenoxy) is 2. The number of hydrogen-bond donors (Lipinski definition) is 1. The van der Waals surface area contributed by atoms with E-state index in [1.54, 1.807) is 13.8 Å². The zero-order chi connectivity index (χ0) is 10.3. The van der Waals surface area contributed by atoms with Gasteiger partial charge in [-0.05, 0) is 13.8 Å². The molecule has 0 unspecified atom stereocenters. The molecular weight excluding hydrogens is 174 g/mol. The fourth-order valence-corrected chi connectivity index (χ4v) is 0.647. The largest absolute Gasteiger partial charge is 0.466 e. The molecule has 13 heavy (non-hydrogen) atoms. The van der Waals surface area contributed by atoms with Gasteiger partial charge in [-0.2, -0.15) is 0 Å². The first-order chi connectivity index (χ1) is 6.11. The Morgan fingerprint density at radius 2 is 1.69 bits per heavy atom. The molecule has 0 aliphatic heterocycles. The van der Waals surface area contributed by atoms with Crippen LogP contribution >= 0.6 is 0 Å². The van der Waals surface area contributed by atoms with Crippen LogP contribution in [0.15, 0.2) is 0 Å². The van der Waals surface area contributed by atoms with Crippen molar-refractivity contribution >= 4 is 17.7 Å². The van der Waals surface area contributed by atoms with Crippen molar-refractivity contribution in [3.63, 3.8) is 0 Å². The van der Waals surface area contributed by atoms with Gasteiger partial charge in [0.2, 0.25) is 0 Å². The molecule has 5 nitrogen and oxygen atoms in total. The van der Waals surface area contributed by atoms with Crippen LogP contribution in [0.4, 0.5) is 0 Å². The average molecular weight is 187 g/mol. The second-order valence-electron chi connectivity index (χ2n) is 2.18. The van der Waals surface area contributed by atoms with E-state index < -0.39 is 11.9 Å². The molecule has 0 radical (unpaired) electrons. The van der Waals surface area contributed by atoms with Crippen LogP contribution in [0.25, 0.3) is 0 Å². The molecule has 0 heterocycles. The molecule has 1 N–H and O–H groups in total. The van der Waals surface area contributed by atoms with E-state index in [0.717, 1.165) is 0 Å².